The van der Waals surface area contributed by atoms with Crippen LogP contribution in [0.4, 0.5) is 0 Å². The van der Waals surface area contributed by atoms with Gasteiger partial charge < -0.3 is 10.1 Å². The zero-order valence-corrected chi connectivity index (χ0v) is 11.3. The van der Waals surface area contributed by atoms with Crippen molar-refractivity contribution >= 4 is 5.91 Å². The summed E-state index contributed by atoms with van der Waals surface area (Å²) >= 11 is 0. The Morgan fingerprint density at radius 1 is 1.25 bits per heavy atom. The summed E-state index contributed by atoms with van der Waals surface area (Å²) in [6.45, 7) is 0. The Kier molecular flexibility index (Phi) is 3.37. The molecule has 1 fully saturated rings. The number of carbonyl (C=O) groups excluding carboxylic acids is 1. The predicted octanol–water partition coefficient (Wildman–Crippen LogP) is 2.71. The van der Waals surface area contributed by atoms with Gasteiger partial charge in [-0.3, -0.25) is 9.78 Å². The molecule has 1 unspecified atom stereocenters. The third-order valence-corrected chi connectivity index (χ3v) is 3.62. The first-order valence-corrected chi connectivity index (χ1v) is 6.65. The van der Waals surface area contributed by atoms with Crippen LogP contribution in [-0.2, 0) is 4.79 Å². The van der Waals surface area contributed by atoms with E-state index in [1.807, 2.05) is 18.2 Å². The van der Waals surface area contributed by atoms with Crippen LogP contribution in [0.2, 0.25) is 0 Å². The molecule has 1 amide bonds. The summed E-state index contributed by atoms with van der Waals surface area (Å²) in [5.41, 5.74) is 3.17. The zero-order valence-electron chi connectivity index (χ0n) is 11.3. The summed E-state index contributed by atoms with van der Waals surface area (Å²) in [7, 11) is 1.65. The van der Waals surface area contributed by atoms with Gasteiger partial charge in [0, 0.05) is 24.4 Å². The topological polar surface area (TPSA) is 51.2 Å². The smallest absolute Gasteiger partial charge is 0.220 e. The van der Waals surface area contributed by atoms with E-state index in [-0.39, 0.29) is 11.9 Å². The first-order valence-electron chi connectivity index (χ1n) is 6.65. The number of hydrogen-bond acceptors (Lipinski definition) is 3. The SMILES string of the molecule is COc1ccncc1-c1ccc(C2CCC(=O)N2)cc1. The molecule has 2 aromatic rings. The van der Waals surface area contributed by atoms with Crippen molar-refractivity contribution in [1.82, 2.24) is 10.3 Å². The van der Waals surface area contributed by atoms with Crippen molar-refractivity contribution in [1.29, 1.82) is 0 Å². The van der Waals surface area contributed by atoms with Gasteiger partial charge in [0.1, 0.15) is 5.75 Å². The van der Waals surface area contributed by atoms with Gasteiger partial charge in [-0.05, 0) is 23.6 Å². The van der Waals surface area contributed by atoms with Crippen molar-refractivity contribution in [2.45, 2.75) is 18.9 Å². The normalized spacial score (nSPS) is 17.9. The van der Waals surface area contributed by atoms with Gasteiger partial charge in [0.15, 0.2) is 0 Å². The van der Waals surface area contributed by atoms with Gasteiger partial charge >= 0.3 is 0 Å². The summed E-state index contributed by atoms with van der Waals surface area (Å²) in [5, 5.41) is 2.98. The van der Waals surface area contributed by atoms with E-state index in [1.54, 1.807) is 19.5 Å². The second-order valence-electron chi connectivity index (χ2n) is 4.86. The molecule has 0 bridgehead atoms. The molecule has 1 saturated heterocycles. The Morgan fingerprint density at radius 2 is 2.05 bits per heavy atom. The highest BCUT2D eigenvalue weighted by atomic mass is 16.5. The number of ether oxygens (including phenoxy) is 1. The van der Waals surface area contributed by atoms with Crippen LogP contribution in [0.25, 0.3) is 11.1 Å². The molecule has 20 heavy (non-hydrogen) atoms. The summed E-state index contributed by atoms with van der Waals surface area (Å²) < 4.78 is 5.35. The standard InChI is InChI=1S/C16H16N2O2/c1-20-15-8-9-17-10-13(15)11-2-4-12(5-3-11)14-6-7-16(19)18-14/h2-5,8-10,14H,6-7H2,1H3,(H,18,19). The number of rotatable bonds is 3. The molecule has 1 aliphatic heterocycles. The van der Waals surface area contributed by atoms with Crippen LogP contribution < -0.4 is 10.1 Å². The fourth-order valence-electron chi connectivity index (χ4n) is 2.54. The maximum atomic E-state index is 11.3. The molecule has 1 aromatic heterocycles. The number of benzene rings is 1. The lowest BCUT2D eigenvalue weighted by atomic mass is 10.0. The van der Waals surface area contributed by atoms with Crippen molar-refractivity contribution in [3.8, 4) is 16.9 Å². The van der Waals surface area contributed by atoms with Crippen LogP contribution in [0.1, 0.15) is 24.4 Å². The number of pyridine rings is 1. The molecule has 4 nitrogen and oxygen atoms in total. The van der Waals surface area contributed by atoms with E-state index < -0.39 is 0 Å². The second-order valence-corrected chi connectivity index (χ2v) is 4.86. The minimum atomic E-state index is 0.132. The Bertz CT molecular complexity index is 623. The van der Waals surface area contributed by atoms with Gasteiger partial charge in [-0.1, -0.05) is 24.3 Å². The number of hydrogen-bond donors (Lipinski definition) is 1. The van der Waals surface area contributed by atoms with Gasteiger partial charge in [0.25, 0.3) is 0 Å². The van der Waals surface area contributed by atoms with Crippen LogP contribution in [-0.4, -0.2) is 18.0 Å². The fourth-order valence-corrected chi connectivity index (χ4v) is 2.54. The first-order chi connectivity index (χ1) is 9.78. The molecule has 0 radical (unpaired) electrons. The van der Waals surface area contributed by atoms with Crippen LogP contribution in [0.5, 0.6) is 5.75 Å². The lowest BCUT2D eigenvalue weighted by Crippen LogP contribution is -2.18. The van der Waals surface area contributed by atoms with Gasteiger partial charge in [-0.2, -0.15) is 0 Å². The van der Waals surface area contributed by atoms with Crippen LogP contribution >= 0.6 is 0 Å². The van der Waals surface area contributed by atoms with E-state index in [0.29, 0.717) is 6.42 Å². The molecule has 3 rings (SSSR count). The molecule has 1 aliphatic rings. The van der Waals surface area contributed by atoms with Gasteiger partial charge in [0.05, 0.1) is 13.2 Å². The molecule has 0 spiro atoms. The molecule has 0 saturated carbocycles. The minimum Gasteiger partial charge on any atom is -0.496 e. The van der Waals surface area contributed by atoms with Crippen LogP contribution in [0.15, 0.2) is 42.7 Å². The summed E-state index contributed by atoms with van der Waals surface area (Å²) in [5.74, 6) is 0.940. The third kappa shape index (κ3) is 2.37. The van der Waals surface area contributed by atoms with E-state index in [9.17, 15) is 4.79 Å². The maximum absolute atomic E-state index is 11.3. The number of nitrogens with one attached hydrogen (secondary N) is 1. The highest BCUT2D eigenvalue weighted by Crippen LogP contribution is 2.30. The predicted molar refractivity (Wildman–Crippen MR) is 76.3 cm³/mol. The Labute approximate surface area is 117 Å². The number of methoxy groups -OCH3 is 1. The number of aromatic nitrogens is 1. The molecule has 1 N–H and O–H groups in total. The maximum Gasteiger partial charge on any atom is 0.220 e. The lowest BCUT2D eigenvalue weighted by Gasteiger charge is -2.12. The van der Waals surface area contributed by atoms with Crippen molar-refractivity contribution < 1.29 is 9.53 Å². The van der Waals surface area contributed by atoms with Gasteiger partial charge in [-0.15, -0.1) is 0 Å². The summed E-state index contributed by atoms with van der Waals surface area (Å²) in [4.78, 5) is 15.4. The average molecular weight is 268 g/mol. The average Bonchev–Trinajstić information content (AvgIpc) is 2.94. The van der Waals surface area contributed by atoms with E-state index in [1.165, 1.54) is 0 Å². The van der Waals surface area contributed by atoms with Crippen molar-refractivity contribution in [2.24, 2.45) is 0 Å². The van der Waals surface area contributed by atoms with E-state index in [4.69, 9.17) is 4.74 Å². The monoisotopic (exact) mass is 268 g/mol. The molecule has 2 heterocycles. The van der Waals surface area contributed by atoms with Crippen LogP contribution in [0, 0.1) is 0 Å². The second kappa shape index (κ2) is 5.33. The van der Waals surface area contributed by atoms with Gasteiger partial charge in [-0.25, -0.2) is 0 Å². The van der Waals surface area contributed by atoms with E-state index in [2.05, 4.69) is 22.4 Å². The molecular weight excluding hydrogens is 252 g/mol. The number of nitrogens with zero attached hydrogens (tertiary/aromatic N) is 1. The fraction of sp³-hybridized carbons (Fsp3) is 0.250. The molecule has 102 valence electrons. The summed E-state index contributed by atoms with van der Waals surface area (Å²) in [6.07, 6.45) is 4.99. The number of amides is 1. The molecular formula is C16H16N2O2. The zero-order chi connectivity index (χ0) is 13.9. The lowest BCUT2D eigenvalue weighted by molar-refractivity contribution is -0.119. The Balaban J connectivity index is 1.87. The highest BCUT2D eigenvalue weighted by molar-refractivity contribution is 5.79. The third-order valence-electron chi connectivity index (χ3n) is 3.62. The van der Waals surface area contributed by atoms with Crippen LogP contribution in [0.3, 0.4) is 0 Å². The van der Waals surface area contributed by atoms with E-state index in [0.717, 1.165) is 28.9 Å². The summed E-state index contributed by atoms with van der Waals surface area (Å²) in [6, 6.07) is 10.2. The molecule has 4 heteroatoms. The highest BCUT2D eigenvalue weighted by Gasteiger charge is 2.22. The van der Waals surface area contributed by atoms with Gasteiger partial charge in [0.2, 0.25) is 5.91 Å². The number of carbonyl (C=O) groups is 1. The van der Waals surface area contributed by atoms with E-state index >= 15 is 0 Å². The quantitative estimate of drug-likeness (QED) is 0.931. The van der Waals surface area contributed by atoms with Crippen molar-refractivity contribution in [2.75, 3.05) is 7.11 Å². The first kappa shape index (κ1) is 12.7. The Hall–Kier alpha value is -2.36. The van der Waals surface area contributed by atoms with Crippen molar-refractivity contribution in [3.05, 3.63) is 48.3 Å². The largest absolute Gasteiger partial charge is 0.496 e. The molecule has 1 aromatic carbocycles. The molecule has 1 atom stereocenters. The molecule has 0 aliphatic carbocycles. The van der Waals surface area contributed by atoms with Crippen molar-refractivity contribution in [3.63, 3.8) is 0 Å². The Morgan fingerprint density at radius 3 is 2.70 bits per heavy atom. The minimum absolute atomic E-state index is 0.132.